The van der Waals surface area contributed by atoms with Crippen LogP contribution in [0.4, 0.5) is 10.2 Å². The third-order valence-electron chi connectivity index (χ3n) is 4.73. The maximum absolute atomic E-state index is 13.3. The van der Waals surface area contributed by atoms with Gasteiger partial charge in [0.2, 0.25) is 0 Å². The van der Waals surface area contributed by atoms with Crippen molar-refractivity contribution in [3.05, 3.63) is 90.5 Å². The summed E-state index contributed by atoms with van der Waals surface area (Å²) in [5.74, 6) is 0.387. The fourth-order valence-electron chi connectivity index (χ4n) is 3.28. The molecule has 0 fully saturated rings. The molecule has 0 aliphatic carbocycles. The molecule has 2 aromatic heterocycles. The van der Waals surface area contributed by atoms with Gasteiger partial charge in [0.25, 0.3) is 0 Å². The van der Waals surface area contributed by atoms with Crippen LogP contribution in [0.2, 0.25) is 0 Å². The van der Waals surface area contributed by atoms with Crippen LogP contribution in [0, 0.1) is 5.82 Å². The summed E-state index contributed by atoms with van der Waals surface area (Å²) in [5.41, 5.74) is 4.53. The summed E-state index contributed by atoms with van der Waals surface area (Å²) >= 11 is 0. The Balaban J connectivity index is 1.56. The number of aromatic nitrogens is 3. The number of halogens is 1. The molecule has 146 valence electrons. The maximum Gasteiger partial charge on any atom is 0.126 e. The lowest BCUT2D eigenvalue weighted by atomic mass is 10.0. The van der Waals surface area contributed by atoms with Gasteiger partial charge in [0, 0.05) is 23.5 Å². The van der Waals surface area contributed by atoms with Crippen LogP contribution >= 0.6 is 0 Å². The summed E-state index contributed by atoms with van der Waals surface area (Å²) in [6.07, 6.45) is 4.22. The Morgan fingerprint density at radius 3 is 2.55 bits per heavy atom. The lowest BCUT2D eigenvalue weighted by Gasteiger charge is -2.17. The monoisotopic (exact) mass is 388 g/mol. The van der Waals surface area contributed by atoms with Gasteiger partial charge >= 0.3 is 0 Å². The van der Waals surface area contributed by atoms with E-state index < -0.39 is 0 Å². The molecule has 5 nitrogen and oxygen atoms in total. The second kappa shape index (κ2) is 8.67. The Bertz CT molecular complexity index is 1060. The number of H-pyrrole nitrogens is 1. The minimum atomic E-state index is -0.283. The number of nitrogens with one attached hydrogen (secondary N) is 2. The van der Waals surface area contributed by atoms with Crippen molar-refractivity contribution in [1.82, 2.24) is 15.2 Å². The van der Waals surface area contributed by atoms with Gasteiger partial charge in [-0.3, -0.25) is 5.10 Å². The minimum absolute atomic E-state index is 0.00661. The van der Waals surface area contributed by atoms with E-state index in [1.165, 1.54) is 12.1 Å². The van der Waals surface area contributed by atoms with Crippen LogP contribution in [0.25, 0.3) is 22.4 Å². The molecule has 0 aliphatic heterocycles. The molecule has 0 saturated heterocycles. The number of benzene rings is 2. The Morgan fingerprint density at radius 1 is 1.00 bits per heavy atom. The highest BCUT2D eigenvalue weighted by molar-refractivity contribution is 5.81. The first kappa shape index (κ1) is 18.8. The van der Waals surface area contributed by atoms with Crippen molar-refractivity contribution in [2.75, 3.05) is 11.9 Å². The second-order valence-corrected chi connectivity index (χ2v) is 6.80. The van der Waals surface area contributed by atoms with Crippen LogP contribution in [0.15, 0.2) is 79.1 Å². The summed E-state index contributed by atoms with van der Waals surface area (Å²) in [4.78, 5) is 4.39. The molecule has 1 atom stereocenters. The van der Waals surface area contributed by atoms with E-state index >= 15 is 0 Å². The van der Waals surface area contributed by atoms with Crippen LogP contribution < -0.4 is 5.32 Å². The van der Waals surface area contributed by atoms with Crippen molar-refractivity contribution in [2.45, 2.75) is 12.5 Å². The number of hydrogen-bond acceptors (Lipinski definition) is 4. The predicted octanol–water partition coefficient (Wildman–Crippen LogP) is 4.29. The lowest BCUT2D eigenvalue weighted by molar-refractivity contribution is 0.273. The van der Waals surface area contributed by atoms with Crippen molar-refractivity contribution in [2.24, 2.45) is 0 Å². The third kappa shape index (κ3) is 4.50. The molecule has 0 bridgehead atoms. The first-order valence-electron chi connectivity index (χ1n) is 9.40. The summed E-state index contributed by atoms with van der Waals surface area (Å²) in [6.45, 7) is -0.00661. The molecule has 29 heavy (non-hydrogen) atoms. The van der Waals surface area contributed by atoms with Crippen LogP contribution in [-0.4, -0.2) is 32.9 Å². The standard InChI is InChI=1S/C23H21FN4O/c24-19-8-6-17(7-9-19)23-21(14-26-28-23)18-10-11-25-22(13-18)27-20(15-29)12-16-4-2-1-3-5-16/h1-11,13-14,20,29H,12,15H2,(H,25,27)(H,26,28)/t20-/m1/s1. The SMILES string of the molecule is OC[C@@H](Cc1ccccc1)Nc1cc(-c2c[nH]nc2-c2ccc(F)cc2)ccn1. The zero-order valence-electron chi connectivity index (χ0n) is 15.7. The average Bonchev–Trinajstić information content (AvgIpc) is 3.25. The van der Waals surface area contributed by atoms with Gasteiger partial charge in [0.05, 0.1) is 18.3 Å². The molecule has 4 rings (SSSR count). The molecule has 0 spiro atoms. The normalized spacial score (nSPS) is 11.9. The van der Waals surface area contributed by atoms with E-state index in [0.717, 1.165) is 27.9 Å². The van der Waals surface area contributed by atoms with Crippen molar-refractivity contribution in [3.63, 3.8) is 0 Å². The largest absolute Gasteiger partial charge is 0.394 e. The lowest BCUT2D eigenvalue weighted by Crippen LogP contribution is -2.26. The summed E-state index contributed by atoms with van der Waals surface area (Å²) < 4.78 is 13.3. The number of pyridine rings is 1. The molecule has 0 radical (unpaired) electrons. The summed E-state index contributed by atoms with van der Waals surface area (Å²) in [5, 5.41) is 20.3. The van der Waals surface area contributed by atoms with Crippen molar-refractivity contribution < 1.29 is 9.50 Å². The predicted molar refractivity (Wildman–Crippen MR) is 112 cm³/mol. The molecular weight excluding hydrogens is 367 g/mol. The van der Waals surface area contributed by atoms with Gasteiger partial charge in [-0.1, -0.05) is 30.3 Å². The molecule has 2 heterocycles. The fourth-order valence-corrected chi connectivity index (χ4v) is 3.28. The van der Waals surface area contributed by atoms with Gasteiger partial charge in [-0.25, -0.2) is 9.37 Å². The highest BCUT2D eigenvalue weighted by Gasteiger charge is 2.13. The van der Waals surface area contributed by atoms with Crippen LogP contribution in [0.5, 0.6) is 0 Å². The van der Waals surface area contributed by atoms with Crippen molar-refractivity contribution >= 4 is 5.82 Å². The molecular formula is C23H21FN4O. The number of rotatable bonds is 7. The Morgan fingerprint density at radius 2 is 1.79 bits per heavy atom. The maximum atomic E-state index is 13.3. The Hall–Kier alpha value is -3.51. The zero-order valence-corrected chi connectivity index (χ0v) is 15.7. The van der Waals surface area contributed by atoms with E-state index in [1.807, 2.05) is 48.7 Å². The molecule has 0 unspecified atom stereocenters. The van der Waals surface area contributed by atoms with E-state index in [2.05, 4.69) is 20.5 Å². The number of anilines is 1. The van der Waals surface area contributed by atoms with Gasteiger partial charge in [0.15, 0.2) is 0 Å². The van der Waals surface area contributed by atoms with E-state index in [4.69, 9.17) is 0 Å². The van der Waals surface area contributed by atoms with E-state index in [1.54, 1.807) is 18.3 Å². The quantitative estimate of drug-likeness (QED) is 0.441. The molecule has 0 amide bonds. The first-order chi connectivity index (χ1) is 14.2. The second-order valence-electron chi connectivity index (χ2n) is 6.80. The van der Waals surface area contributed by atoms with Crippen molar-refractivity contribution in [1.29, 1.82) is 0 Å². The Labute approximate surface area is 168 Å². The number of aliphatic hydroxyl groups is 1. The van der Waals surface area contributed by atoms with Gasteiger partial charge in [-0.15, -0.1) is 0 Å². The number of aromatic amines is 1. The van der Waals surface area contributed by atoms with Crippen LogP contribution in [0.3, 0.4) is 0 Å². The smallest absolute Gasteiger partial charge is 0.126 e. The van der Waals surface area contributed by atoms with Crippen LogP contribution in [0.1, 0.15) is 5.56 Å². The topological polar surface area (TPSA) is 73.8 Å². The van der Waals surface area contributed by atoms with Crippen molar-refractivity contribution in [3.8, 4) is 22.4 Å². The number of aliphatic hydroxyl groups excluding tert-OH is 1. The molecule has 6 heteroatoms. The summed E-state index contributed by atoms with van der Waals surface area (Å²) in [6, 6.07) is 19.9. The first-order valence-corrected chi connectivity index (χ1v) is 9.40. The van der Waals surface area contributed by atoms with E-state index in [-0.39, 0.29) is 18.5 Å². The number of nitrogens with zero attached hydrogens (tertiary/aromatic N) is 2. The number of hydrogen-bond donors (Lipinski definition) is 3. The van der Waals surface area contributed by atoms with Crippen LogP contribution in [-0.2, 0) is 6.42 Å². The van der Waals surface area contributed by atoms with Gasteiger partial charge < -0.3 is 10.4 Å². The van der Waals surface area contributed by atoms with Gasteiger partial charge in [0.1, 0.15) is 11.6 Å². The molecule has 2 aromatic carbocycles. The fraction of sp³-hybridized carbons (Fsp3) is 0.130. The molecule has 3 N–H and O–H groups in total. The van der Waals surface area contributed by atoms with Gasteiger partial charge in [-0.05, 0) is 53.9 Å². The molecule has 0 aliphatic rings. The minimum Gasteiger partial charge on any atom is -0.394 e. The molecule has 0 saturated carbocycles. The Kier molecular flexibility index (Phi) is 5.63. The molecule has 4 aromatic rings. The van der Waals surface area contributed by atoms with E-state index in [0.29, 0.717) is 12.2 Å². The summed E-state index contributed by atoms with van der Waals surface area (Å²) in [7, 11) is 0. The third-order valence-corrected chi connectivity index (χ3v) is 4.73. The zero-order chi connectivity index (χ0) is 20.1. The highest BCUT2D eigenvalue weighted by atomic mass is 19.1. The highest BCUT2D eigenvalue weighted by Crippen LogP contribution is 2.31. The van der Waals surface area contributed by atoms with Gasteiger partial charge in [-0.2, -0.15) is 5.10 Å². The average molecular weight is 388 g/mol. The van der Waals surface area contributed by atoms with E-state index in [9.17, 15) is 9.50 Å².